The molecule has 0 saturated carbocycles. The summed E-state index contributed by atoms with van der Waals surface area (Å²) in [6, 6.07) is 3.67. The molecule has 1 fully saturated rings. The smallest absolute Gasteiger partial charge is 0.149 e. The third kappa shape index (κ3) is 3.02. The first-order chi connectivity index (χ1) is 8.70. The highest BCUT2D eigenvalue weighted by atomic mass is 16.5. The summed E-state index contributed by atoms with van der Waals surface area (Å²) in [4.78, 5) is 6.46. The topological polar surface area (TPSA) is 97.6 Å². The third-order valence-corrected chi connectivity index (χ3v) is 3.15. The minimum absolute atomic E-state index is 0.0796. The van der Waals surface area contributed by atoms with Crippen molar-refractivity contribution in [3.05, 3.63) is 12.1 Å². The van der Waals surface area contributed by atoms with Gasteiger partial charge in [-0.2, -0.15) is 0 Å². The van der Waals surface area contributed by atoms with Crippen molar-refractivity contribution >= 4 is 17.3 Å². The van der Waals surface area contributed by atoms with Crippen LogP contribution in [0, 0.1) is 0 Å². The Morgan fingerprint density at radius 2 is 2.06 bits per heavy atom. The van der Waals surface area contributed by atoms with Gasteiger partial charge < -0.3 is 26.2 Å². The highest BCUT2D eigenvalue weighted by Crippen LogP contribution is 2.22. The predicted molar refractivity (Wildman–Crippen MR) is 71.3 cm³/mol. The van der Waals surface area contributed by atoms with Crippen LogP contribution in [0.15, 0.2) is 12.1 Å². The summed E-state index contributed by atoms with van der Waals surface area (Å²) in [5.41, 5.74) is 11.9. The van der Waals surface area contributed by atoms with Crippen molar-refractivity contribution in [3.63, 3.8) is 0 Å². The Bertz CT molecular complexity index is 392. The Kier molecular flexibility index (Phi) is 4.22. The minimum Gasteiger partial charge on any atom is -0.396 e. The zero-order valence-electron chi connectivity index (χ0n) is 10.4. The fourth-order valence-corrected chi connectivity index (χ4v) is 2.12. The third-order valence-electron chi connectivity index (χ3n) is 3.15. The Morgan fingerprint density at radius 1 is 1.33 bits per heavy atom. The number of nitrogens with zero attached hydrogens (tertiary/aromatic N) is 2. The van der Waals surface area contributed by atoms with E-state index >= 15 is 0 Å². The van der Waals surface area contributed by atoms with Crippen LogP contribution < -0.4 is 16.4 Å². The first-order valence-corrected chi connectivity index (χ1v) is 6.20. The lowest BCUT2D eigenvalue weighted by Crippen LogP contribution is -2.37. The SMILES string of the molecule is Nc1ccc(N2CCC(OCCO)CC2)nc1N. The molecule has 0 bridgehead atoms. The zero-order valence-corrected chi connectivity index (χ0v) is 10.4. The lowest BCUT2D eigenvalue weighted by molar-refractivity contribution is 0.0158. The van der Waals surface area contributed by atoms with Crippen molar-refractivity contribution in [2.24, 2.45) is 0 Å². The maximum absolute atomic E-state index is 8.71. The quantitative estimate of drug-likeness (QED) is 0.709. The number of hydrogen-bond acceptors (Lipinski definition) is 6. The number of nitrogens with two attached hydrogens (primary N) is 2. The standard InChI is InChI=1S/C12H20N4O2/c13-10-1-2-11(15-12(10)14)16-5-3-9(4-6-16)18-8-7-17/h1-2,9,17H,3-8,13H2,(H2,14,15). The van der Waals surface area contributed by atoms with Gasteiger partial charge in [0.05, 0.1) is 25.0 Å². The van der Waals surface area contributed by atoms with Crippen LogP contribution in [0.5, 0.6) is 0 Å². The monoisotopic (exact) mass is 252 g/mol. The van der Waals surface area contributed by atoms with E-state index in [0.29, 0.717) is 18.1 Å². The zero-order chi connectivity index (χ0) is 13.0. The number of anilines is 3. The van der Waals surface area contributed by atoms with E-state index in [1.807, 2.05) is 6.07 Å². The van der Waals surface area contributed by atoms with E-state index in [1.54, 1.807) is 6.07 Å². The molecule has 0 aliphatic carbocycles. The van der Waals surface area contributed by atoms with Crippen molar-refractivity contribution in [2.75, 3.05) is 42.7 Å². The van der Waals surface area contributed by atoms with Crippen LogP contribution in [-0.4, -0.2) is 42.5 Å². The minimum atomic E-state index is 0.0796. The van der Waals surface area contributed by atoms with Crippen LogP contribution in [0.2, 0.25) is 0 Å². The van der Waals surface area contributed by atoms with Crippen LogP contribution in [0.1, 0.15) is 12.8 Å². The molecule has 2 rings (SSSR count). The molecule has 0 aromatic carbocycles. The summed E-state index contributed by atoms with van der Waals surface area (Å²) in [7, 11) is 0. The number of ether oxygens (including phenoxy) is 1. The van der Waals surface area contributed by atoms with Crippen molar-refractivity contribution in [1.29, 1.82) is 0 Å². The van der Waals surface area contributed by atoms with Gasteiger partial charge in [0.25, 0.3) is 0 Å². The largest absolute Gasteiger partial charge is 0.396 e. The van der Waals surface area contributed by atoms with Crippen LogP contribution in [0.4, 0.5) is 17.3 Å². The summed E-state index contributed by atoms with van der Waals surface area (Å²) >= 11 is 0. The van der Waals surface area contributed by atoms with E-state index in [0.717, 1.165) is 31.7 Å². The molecule has 0 radical (unpaired) electrons. The van der Waals surface area contributed by atoms with Crippen LogP contribution in [0.3, 0.4) is 0 Å². The Morgan fingerprint density at radius 3 is 2.67 bits per heavy atom. The molecule has 5 N–H and O–H groups in total. The van der Waals surface area contributed by atoms with Gasteiger partial charge in [0.15, 0.2) is 0 Å². The second kappa shape index (κ2) is 5.88. The highest BCUT2D eigenvalue weighted by Gasteiger charge is 2.20. The van der Waals surface area contributed by atoms with Gasteiger partial charge in [-0.05, 0) is 25.0 Å². The lowest BCUT2D eigenvalue weighted by atomic mass is 10.1. The van der Waals surface area contributed by atoms with Gasteiger partial charge in [-0.25, -0.2) is 4.98 Å². The first kappa shape index (κ1) is 12.9. The number of aromatic nitrogens is 1. The molecule has 1 aliphatic rings. The van der Waals surface area contributed by atoms with Gasteiger partial charge in [0, 0.05) is 13.1 Å². The number of aliphatic hydroxyl groups excluding tert-OH is 1. The van der Waals surface area contributed by atoms with Gasteiger partial charge in [0.2, 0.25) is 0 Å². The van der Waals surface area contributed by atoms with Gasteiger partial charge >= 0.3 is 0 Å². The van der Waals surface area contributed by atoms with Crippen molar-refractivity contribution < 1.29 is 9.84 Å². The first-order valence-electron chi connectivity index (χ1n) is 6.20. The molecular formula is C12H20N4O2. The molecule has 6 nitrogen and oxygen atoms in total. The average molecular weight is 252 g/mol. The fraction of sp³-hybridized carbons (Fsp3) is 0.583. The molecule has 1 saturated heterocycles. The number of nitrogen functional groups attached to an aromatic ring is 2. The van der Waals surface area contributed by atoms with Crippen LogP contribution in [-0.2, 0) is 4.74 Å². The van der Waals surface area contributed by atoms with E-state index in [-0.39, 0.29) is 12.7 Å². The number of hydrogen-bond donors (Lipinski definition) is 3. The molecule has 18 heavy (non-hydrogen) atoms. The summed E-state index contributed by atoms with van der Waals surface area (Å²) < 4.78 is 5.52. The lowest BCUT2D eigenvalue weighted by Gasteiger charge is -2.32. The number of rotatable bonds is 4. The maximum Gasteiger partial charge on any atom is 0.149 e. The molecular weight excluding hydrogens is 232 g/mol. The highest BCUT2D eigenvalue weighted by molar-refractivity contribution is 5.62. The van der Waals surface area contributed by atoms with Gasteiger partial charge in [0.1, 0.15) is 11.6 Å². The fourth-order valence-electron chi connectivity index (χ4n) is 2.12. The van der Waals surface area contributed by atoms with Crippen molar-refractivity contribution in [1.82, 2.24) is 4.98 Å². The summed E-state index contributed by atoms with van der Waals surface area (Å²) in [5.74, 6) is 1.24. The number of piperidine rings is 1. The van der Waals surface area contributed by atoms with Crippen LogP contribution in [0.25, 0.3) is 0 Å². The van der Waals surface area contributed by atoms with Gasteiger partial charge in [-0.1, -0.05) is 0 Å². The second-order valence-electron chi connectivity index (χ2n) is 4.42. The maximum atomic E-state index is 8.71. The van der Waals surface area contributed by atoms with E-state index in [4.69, 9.17) is 21.3 Å². The summed E-state index contributed by atoms with van der Waals surface area (Å²) in [6.45, 7) is 2.26. The van der Waals surface area contributed by atoms with Gasteiger partial charge in [-0.3, -0.25) is 0 Å². The number of aliphatic hydroxyl groups is 1. The molecule has 6 heteroatoms. The van der Waals surface area contributed by atoms with E-state index < -0.39 is 0 Å². The molecule has 100 valence electrons. The van der Waals surface area contributed by atoms with Crippen LogP contribution >= 0.6 is 0 Å². The van der Waals surface area contributed by atoms with Crippen molar-refractivity contribution in [3.8, 4) is 0 Å². The normalized spacial score (nSPS) is 17.1. The summed E-state index contributed by atoms with van der Waals surface area (Å²) in [6.07, 6.45) is 2.11. The Labute approximate surface area is 107 Å². The molecule has 1 aliphatic heterocycles. The Balaban J connectivity index is 1.90. The molecule has 0 atom stereocenters. The van der Waals surface area contributed by atoms with E-state index in [2.05, 4.69) is 9.88 Å². The molecule has 1 aromatic heterocycles. The van der Waals surface area contributed by atoms with E-state index in [1.165, 1.54) is 0 Å². The van der Waals surface area contributed by atoms with Crippen molar-refractivity contribution in [2.45, 2.75) is 18.9 Å². The average Bonchev–Trinajstić information content (AvgIpc) is 2.40. The summed E-state index contributed by atoms with van der Waals surface area (Å²) in [5, 5.41) is 8.71. The number of pyridine rings is 1. The molecule has 1 aromatic rings. The molecule has 0 unspecified atom stereocenters. The second-order valence-corrected chi connectivity index (χ2v) is 4.42. The molecule has 0 spiro atoms. The molecule has 0 amide bonds. The molecule has 2 heterocycles. The Hall–Kier alpha value is -1.53. The van der Waals surface area contributed by atoms with Gasteiger partial charge in [-0.15, -0.1) is 0 Å². The predicted octanol–water partition coefficient (Wildman–Crippen LogP) is 0.224. The van der Waals surface area contributed by atoms with E-state index in [9.17, 15) is 0 Å².